The van der Waals surface area contributed by atoms with Gasteiger partial charge < -0.3 is 10.5 Å². The molecule has 4 nitrogen and oxygen atoms in total. The minimum Gasteiger partial charge on any atom is -0.456 e. The van der Waals surface area contributed by atoms with E-state index in [9.17, 15) is 4.79 Å². The van der Waals surface area contributed by atoms with Crippen LogP contribution in [0.5, 0.6) is 0 Å². The Morgan fingerprint density at radius 1 is 1.50 bits per heavy atom. The first-order valence-corrected chi connectivity index (χ1v) is 5.60. The summed E-state index contributed by atoms with van der Waals surface area (Å²) >= 11 is 1.10. The van der Waals surface area contributed by atoms with E-state index in [0.29, 0.717) is 21.0 Å². The van der Waals surface area contributed by atoms with Gasteiger partial charge in [-0.25, -0.2) is 4.79 Å². The fourth-order valence-electron chi connectivity index (χ4n) is 1.19. The summed E-state index contributed by atoms with van der Waals surface area (Å²) in [5.41, 5.74) is 6.06. The maximum atomic E-state index is 11.8. The average Bonchev–Trinajstić information content (AvgIpc) is 2.38. The maximum absolute atomic E-state index is 11.8. The van der Waals surface area contributed by atoms with Crippen molar-refractivity contribution in [3.8, 4) is 6.07 Å². The van der Waals surface area contributed by atoms with E-state index < -0.39 is 11.6 Å². The smallest absolute Gasteiger partial charge is 0.349 e. The van der Waals surface area contributed by atoms with E-state index in [4.69, 9.17) is 15.7 Å². The van der Waals surface area contributed by atoms with E-state index in [0.717, 1.165) is 11.3 Å². The summed E-state index contributed by atoms with van der Waals surface area (Å²) in [5.74, 6) is -0.428. The maximum Gasteiger partial charge on any atom is 0.349 e. The number of carbonyl (C=O) groups is 1. The first-order chi connectivity index (χ1) is 7.26. The van der Waals surface area contributed by atoms with Crippen molar-refractivity contribution in [1.82, 2.24) is 0 Å². The Morgan fingerprint density at radius 2 is 2.06 bits per heavy atom. The summed E-state index contributed by atoms with van der Waals surface area (Å²) in [4.78, 5) is 12.2. The first-order valence-electron chi connectivity index (χ1n) is 4.78. The molecule has 0 spiro atoms. The molecule has 1 aromatic rings. The van der Waals surface area contributed by atoms with Crippen molar-refractivity contribution in [1.29, 1.82) is 5.26 Å². The van der Waals surface area contributed by atoms with Gasteiger partial charge in [-0.2, -0.15) is 5.26 Å². The summed E-state index contributed by atoms with van der Waals surface area (Å²) in [5, 5.41) is 9.21. The molecule has 5 heteroatoms. The minimum absolute atomic E-state index is 0.362. The van der Waals surface area contributed by atoms with E-state index >= 15 is 0 Å². The second-order valence-electron chi connectivity index (χ2n) is 4.41. The molecular weight excluding hydrogens is 224 g/mol. The van der Waals surface area contributed by atoms with Crippen LogP contribution in [-0.4, -0.2) is 11.6 Å². The lowest BCUT2D eigenvalue weighted by Crippen LogP contribution is -2.23. The van der Waals surface area contributed by atoms with Gasteiger partial charge in [0.05, 0.1) is 5.56 Å². The number of thiophene rings is 1. The van der Waals surface area contributed by atoms with E-state index in [1.807, 2.05) is 6.07 Å². The highest BCUT2D eigenvalue weighted by molar-refractivity contribution is 7.18. The molecular formula is C11H14N2O2S. The van der Waals surface area contributed by atoms with Gasteiger partial charge in [-0.15, -0.1) is 11.3 Å². The van der Waals surface area contributed by atoms with E-state index in [1.165, 1.54) is 0 Å². The van der Waals surface area contributed by atoms with Gasteiger partial charge in [-0.3, -0.25) is 0 Å². The van der Waals surface area contributed by atoms with Crippen molar-refractivity contribution in [3.05, 3.63) is 16.0 Å². The Morgan fingerprint density at radius 3 is 2.44 bits per heavy atom. The summed E-state index contributed by atoms with van der Waals surface area (Å²) in [6.45, 7) is 7.08. The third kappa shape index (κ3) is 2.52. The fourth-order valence-corrected chi connectivity index (χ4v) is 2.09. The van der Waals surface area contributed by atoms with Crippen LogP contribution in [0, 0.1) is 18.3 Å². The van der Waals surface area contributed by atoms with Crippen molar-refractivity contribution >= 4 is 22.3 Å². The zero-order valence-corrected chi connectivity index (χ0v) is 10.6. The molecule has 1 aromatic heterocycles. The van der Waals surface area contributed by atoms with Crippen LogP contribution >= 0.6 is 11.3 Å². The SMILES string of the molecule is Cc1c(C(=O)OC(C)(C)C)sc(N)c1C#N. The average molecular weight is 238 g/mol. The normalized spacial score (nSPS) is 10.9. The van der Waals surface area contributed by atoms with Crippen LogP contribution in [-0.2, 0) is 4.74 Å². The monoisotopic (exact) mass is 238 g/mol. The number of anilines is 1. The molecule has 0 aromatic carbocycles. The van der Waals surface area contributed by atoms with Crippen LogP contribution in [0.15, 0.2) is 0 Å². The number of nitrogens with zero attached hydrogens (tertiary/aromatic N) is 1. The molecule has 1 heterocycles. The number of hydrogen-bond donors (Lipinski definition) is 1. The van der Waals surface area contributed by atoms with Crippen LogP contribution in [0.3, 0.4) is 0 Å². The number of nitriles is 1. The second-order valence-corrected chi connectivity index (χ2v) is 5.46. The lowest BCUT2D eigenvalue weighted by molar-refractivity contribution is 0.00745. The summed E-state index contributed by atoms with van der Waals surface area (Å²) in [6.07, 6.45) is 0. The molecule has 0 radical (unpaired) electrons. The van der Waals surface area contributed by atoms with Crippen molar-refractivity contribution in [2.45, 2.75) is 33.3 Å². The Kier molecular flexibility index (Phi) is 3.24. The van der Waals surface area contributed by atoms with Gasteiger partial charge in [-0.05, 0) is 33.3 Å². The van der Waals surface area contributed by atoms with Gasteiger partial charge in [-0.1, -0.05) is 0 Å². The third-order valence-electron chi connectivity index (χ3n) is 1.87. The quantitative estimate of drug-likeness (QED) is 0.762. The minimum atomic E-state index is -0.547. The number of hydrogen-bond acceptors (Lipinski definition) is 5. The Balaban J connectivity index is 3.08. The zero-order valence-electron chi connectivity index (χ0n) is 9.75. The van der Waals surface area contributed by atoms with Crippen LogP contribution in [0.25, 0.3) is 0 Å². The fraction of sp³-hybridized carbons (Fsp3) is 0.455. The zero-order chi connectivity index (χ0) is 12.5. The van der Waals surface area contributed by atoms with Gasteiger partial charge in [0.1, 0.15) is 21.5 Å². The van der Waals surface area contributed by atoms with Crippen molar-refractivity contribution in [2.24, 2.45) is 0 Å². The van der Waals surface area contributed by atoms with Gasteiger partial charge in [0.25, 0.3) is 0 Å². The topological polar surface area (TPSA) is 76.1 Å². The number of esters is 1. The Bertz CT molecular complexity index is 464. The number of ether oxygens (including phenoxy) is 1. The number of carbonyl (C=O) groups excluding carboxylic acids is 1. The largest absolute Gasteiger partial charge is 0.456 e. The molecule has 0 aliphatic carbocycles. The molecule has 16 heavy (non-hydrogen) atoms. The van der Waals surface area contributed by atoms with E-state index in [2.05, 4.69) is 0 Å². The molecule has 86 valence electrons. The highest BCUT2D eigenvalue weighted by Gasteiger charge is 2.23. The standard InChI is InChI=1S/C11H14N2O2S/c1-6-7(5-12)9(13)16-8(6)10(14)15-11(2,3)4/h13H2,1-4H3. The molecule has 0 bridgehead atoms. The highest BCUT2D eigenvalue weighted by Crippen LogP contribution is 2.31. The molecule has 0 fully saturated rings. The predicted octanol–water partition coefficient (Wildman–Crippen LogP) is 2.47. The third-order valence-corrected chi connectivity index (χ3v) is 2.97. The van der Waals surface area contributed by atoms with Crippen LogP contribution in [0.4, 0.5) is 5.00 Å². The molecule has 0 saturated carbocycles. The van der Waals surface area contributed by atoms with Gasteiger partial charge in [0.2, 0.25) is 0 Å². The molecule has 0 amide bonds. The molecule has 0 saturated heterocycles. The number of rotatable bonds is 1. The van der Waals surface area contributed by atoms with Gasteiger partial charge in [0.15, 0.2) is 0 Å². The van der Waals surface area contributed by atoms with Crippen molar-refractivity contribution in [3.63, 3.8) is 0 Å². The van der Waals surface area contributed by atoms with Crippen LogP contribution in [0.1, 0.15) is 41.6 Å². The lowest BCUT2D eigenvalue weighted by Gasteiger charge is -2.19. The molecule has 0 aliphatic heterocycles. The van der Waals surface area contributed by atoms with Gasteiger partial charge >= 0.3 is 5.97 Å². The second kappa shape index (κ2) is 4.14. The number of nitrogens with two attached hydrogens (primary N) is 1. The molecule has 0 aliphatic rings. The van der Waals surface area contributed by atoms with Crippen LogP contribution < -0.4 is 5.73 Å². The Hall–Kier alpha value is -1.54. The summed E-state index contributed by atoms with van der Waals surface area (Å²) in [7, 11) is 0. The first kappa shape index (κ1) is 12.5. The molecule has 0 unspecified atom stereocenters. The summed E-state index contributed by atoms with van der Waals surface area (Å²) in [6, 6.07) is 1.98. The predicted molar refractivity (Wildman–Crippen MR) is 63.4 cm³/mol. The van der Waals surface area contributed by atoms with Gasteiger partial charge in [0, 0.05) is 0 Å². The van der Waals surface area contributed by atoms with E-state index in [-0.39, 0.29) is 0 Å². The molecule has 2 N–H and O–H groups in total. The van der Waals surface area contributed by atoms with Crippen molar-refractivity contribution in [2.75, 3.05) is 5.73 Å². The molecule has 0 atom stereocenters. The Labute approximate surface area is 98.6 Å². The van der Waals surface area contributed by atoms with Crippen LogP contribution in [0.2, 0.25) is 0 Å². The molecule has 1 rings (SSSR count). The highest BCUT2D eigenvalue weighted by atomic mass is 32.1. The lowest BCUT2D eigenvalue weighted by atomic mass is 10.1. The number of nitrogen functional groups attached to an aromatic ring is 1. The van der Waals surface area contributed by atoms with E-state index in [1.54, 1.807) is 27.7 Å². The van der Waals surface area contributed by atoms with Crippen molar-refractivity contribution < 1.29 is 9.53 Å². The summed E-state index contributed by atoms with van der Waals surface area (Å²) < 4.78 is 5.22.